The summed E-state index contributed by atoms with van der Waals surface area (Å²) in [7, 11) is 0. The maximum Gasteiger partial charge on any atom is 0.323 e. The number of hydrogen-bond donors (Lipinski definition) is 2. The Hall–Kier alpha value is -3.78. The highest BCUT2D eigenvalue weighted by atomic mass is 16.5. The molecule has 1 aliphatic rings. The number of ketones is 1. The second kappa shape index (κ2) is 11.1. The number of morpholine rings is 1. The molecule has 2 heterocycles. The van der Waals surface area contributed by atoms with Gasteiger partial charge in [0, 0.05) is 47.7 Å². The third-order valence-electron chi connectivity index (χ3n) is 5.93. The quantitative estimate of drug-likeness (QED) is 0.520. The molecule has 0 bridgehead atoms. The average molecular weight is 474 g/mol. The predicted molar refractivity (Wildman–Crippen MR) is 138 cm³/mol. The molecule has 8 nitrogen and oxygen atoms in total. The number of anilines is 3. The van der Waals surface area contributed by atoms with Gasteiger partial charge in [0.2, 0.25) is 0 Å². The fraction of sp³-hybridized carbons (Fsp3) is 0.333. The molecule has 0 aliphatic carbocycles. The molecule has 0 saturated carbocycles. The first-order valence-electron chi connectivity index (χ1n) is 11.9. The van der Waals surface area contributed by atoms with Crippen LogP contribution in [0.1, 0.15) is 30.7 Å². The number of carbonyl (C=O) groups is 2. The van der Waals surface area contributed by atoms with Crippen molar-refractivity contribution < 1.29 is 14.3 Å². The number of aromatic nitrogens is 2. The number of nitrogens with zero attached hydrogens (tertiary/aromatic N) is 3. The van der Waals surface area contributed by atoms with Crippen molar-refractivity contribution in [3.8, 4) is 11.4 Å². The first-order valence-corrected chi connectivity index (χ1v) is 11.9. The minimum atomic E-state index is -0.341. The van der Waals surface area contributed by atoms with E-state index in [0.29, 0.717) is 36.8 Å². The Kier molecular flexibility index (Phi) is 7.72. The fourth-order valence-electron chi connectivity index (χ4n) is 4.10. The van der Waals surface area contributed by atoms with E-state index in [9.17, 15) is 9.59 Å². The zero-order valence-corrected chi connectivity index (χ0v) is 20.4. The van der Waals surface area contributed by atoms with Gasteiger partial charge in [0.05, 0.1) is 13.2 Å². The van der Waals surface area contributed by atoms with Crippen molar-refractivity contribution in [2.75, 3.05) is 41.8 Å². The van der Waals surface area contributed by atoms with Crippen molar-refractivity contribution in [2.24, 2.45) is 0 Å². The largest absolute Gasteiger partial charge is 0.378 e. The van der Waals surface area contributed by atoms with Crippen LogP contribution in [0.4, 0.5) is 22.0 Å². The van der Waals surface area contributed by atoms with Crippen LogP contribution >= 0.6 is 0 Å². The lowest BCUT2D eigenvalue weighted by Gasteiger charge is -2.29. The van der Waals surface area contributed by atoms with Crippen LogP contribution in [0.2, 0.25) is 0 Å². The average Bonchev–Trinajstić information content (AvgIpc) is 2.86. The van der Waals surface area contributed by atoms with Crippen LogP contribution in [0, 0.1) is 6.92 Å². The van der Waals surface area contributed by atoms with Gasteiger partial charge in [-0.3, -0.25) is 4.79 Å². The Bertz CT molecular complexity index is 1190. The van der Waals surface area contributed by atoms with E-state index in [2.05, 4.69) is 29.4 Å². The monoisotopic (exact) mass is 473 g/mol. The third-order valence-corrected chi connectivity index (χ3v) is 5.93. The van der Waals surface area contributed by atoms with Crippen molar-refractivity contribution in [1.82, 2.24) is 9.97 Å². The van der Waals surface area contributed by atoms with E-state index in [1.807, 2.05) is 36.4 Å². The summed E-state index contributed by atoms with van der Waals surface area (Å²) in [5.74, 6) is 1.74. The van der Waals surface area contributed by atoms with Crippen molar-refractivity contribution in [1.29, 1.82) is 0 Å². The Labute approximate surface area is 205 Å². The molecule has 4 rings (SSSR count). The topological polar surface area (TPSA) is 96.5 Å². The second-order valence-electron chi connectivity index (χ2n) is 8.63. The number of hydrogen-bond acceptors (Lipinski definition) is 6. The maximum absolute atomic E-state index is 12.4. The lowest BCUT2D eigenvalue weighted by Crippen LogP contribution is -2.37. The molecule has 35 heavy (non-hydrogen) atoms. The van der Waals surface area contributed by atoms with Crippen molar-refractivity contribution in [3.63, 3.8) is 0 Å². The minimum Gasteiger partial charge on any atom is -0.378 e. The van der Waals surface area contributed by atoms with Crippen LogP contribution in [-0.2, 0) is 22.4 Å². The molecular formula is C27H31N5O3. The number of aryl methyl sites for hydroxylation is 1. The van der Waals surface area contributed by atoms with Crippen LogP contribution in [0.3, 0.4) is 0 Å². The Balaban J connectivity index is 1.44. The molecule has 1 fully saturated rings. The standard InChI is InChI=1S/C27H31N5O3/c1-4-24-19(3)26(32-13-15-35-16-14-32)31-25(30-24)21-7-11-23(12-8-21)29-27(34)28-22-9-5-20(6-10-22)17-18(2)33/h5-12H,4,13-17H2,1-3H3,(H2,28,29,34). The highest BCUT2D eigenvalue weighted by Gasteiger charge is 2.19. The van der Waals surface area contributed by atoms with Crippen LogP contribution in [-0.4, -0.2) is 48.1 Å². The van der Waals surface area contributed by atoms with E-state index >= 15 is 0 Å². The SMILES string of the molecule is CCc1nc(-c2ccc(NC(=O)Nc3ccc(CC(C)=O)cc3)cc2)nc(N2CCOCC2)c1C. The molecule has 1 saturated heterocycles. The Morgan fingerprint density at radius 3 is 2.11 bits per heavy atom. The smallest absolute Gasteiger partial charge is 0.323 e. The zero-order valence-electron chi connectivity index (χ0n) is 20.4. The fourth-order valence-corrected chi connectivity index (χ4v) is 4.10. The summed E-state index contributed by atoms with van der Waals surface area (Å²) < 4.78 is 5.50. The molecule has 182 valence electrons. The Morgan fingerprint density at radius 2 is 1.54 bits per heavy atom. The van der Waals surface area contributed by atoms with E-state index in [4.69, 9.17) is 14.7 Å². The third kappa shape index (κ3) is 6.22. The summed E-state index contributed by atoms with van der Waals surface area (Å²) in [5.41, 5.74) is 5.27. The highest BCUT2D eigenvalue weighted by Crippen LogP contribution is 2.26. The maximum atomic E-state index is 12.4. The van der Waals surface area contributed by atoms with Gasteiger partial charge in [-0.25, -0.2) is 14.8 Å². The molecular weight excluding hydrogens is 442 g/mol. The number of nitrogens with one attached hydrogen (secondary N) is 2. The van der Waals surface area contributed by atoms with Gasteiger partial charge in [0.15, 0.2) is 5.82 Å². The van der Waals surface area contributed by atoms with Gasteiger partial charge in [-0.05, 0) is 62.2 Å². The van der Waals surface area contributed by atoms with Gasteiger partial charge in [-0.15, -0.1) is 0 Å². The van der Waals surface area contributed by atoms with Crippen molar-refractivity contribution in [3.05, 3.63) is 65.4 Å². The van der Waals surface area contributed by atoms with E-state index in [1.165, 1.54) is 0 Å². The van der Waals surface area contributed by atoms with Crippen molar-refractivity contribution >= 4 is 29.0 Å². The number of benzene rings is 2. The van der Waals surface area contributed by atoms with E-state index < -0.39 is 0 Å². The van der Waals surface area contributed by atoms with Gasteiger partial charge in [0.25, 0.3) is 0 Å². The number of carbonyl (C=O) groups excluding carboxylic acids is 2. The summed E-state index contributed by atoms with van der Waals surface area (Å²) in [4.78, 5) is 35.6. The molecule has 1 aliphatic heterocycles. The minimum absolute atomic E-state index is 0.103. The normalized spacial score (nSPS) is 13.4. The zero-order chi connectivity index (χ0) is 24.8. The predicted octanol–water partition coefficient (Wildman–Crippen LogP) is 4.63. The number of ether oxygens (including phenoxy) is 1. The molecule has 1 aromatic heterocycles. The number of amides is 2. The molecule has 0 spiro atoms. The summed E-state index contributed by atoms with van der Waals surface area (Å²) in [6, 6.07) is 14.4. The summed E-state index contributed by atoms with van der Waals surface area (Å²) in [6.45, 7) is 8.77. The van der Waals surface area contributed by atoms with Crippen LogP contribution in [0.25, 0.3) is 11.4 Å². The van der Waals surface area contributed by atoms with Crippen LogP contribution in [0.5, 0.6) is 0 Å². The molecule has 2 N–H and O–H groups in total. The first-order chi connectivity index (χ1) is 16.9. The highest BCUT2D eigenvalue weighted by molar-refractivity contribution is 5.99. The Morgan fingerprint density at radius 1 is 0.943 bits per heavy atom. The van der Waals surface area contributed by atoms with Crippen molar-refractivity contribution in [2.45, 2.75) is 33.6 Å². The van der Waals surface area contributed by atoms with Gasteiger partial charge in [0.1, 0.15) is 11.6 Å². The molecule has 8 heteroatoms. The van der Waals surface area contributed by atoms with E-state index in [1.54, 1.807) is 19.1 Å². The molecule has 0 radical (unpaired) electrons. The van der Waals surface area contributed by atoms with Crippen LogP contribution in [0.15, 0.2) is 48.5 Å². The summed E-state index contributed by atoms with van der Waals surface area (Å²) >= 11 is 0. The summed E-state index contributed by atoms with van der Waals surface area (Å²) in [5, 5.41) is 5.65. The van der Waals surface area contributed by atoms with E-state index in [-0.39, 0.29) is 11.8 Å². The lowest BCUT2D eigenvalue weighted by molar-refractivity contribution is -0.116. The lowest BCUT2D eigenvalue weighted by atomic mass is 10.1. The number of urea groups is 1. The van der Waals surface area contributed by atoms with Crippen LogP contribution < -0.4 is 15.5 Å². The second-order valence-corrected chi connectivity index (χ2v) is 8.63. The molecule has 0 atom stereocenters. The van der Waals surface area contributed by atoms with E-state index in [0.717, 1.165) is 47.7 Å². The number of Topliss-reactive ketones (excluding diaryl/α,β-unsaturated/α-hetero) is 1. The van der Waals surface area contributed by atoms with Gasteiger partial charge in [-0.2, -0.15) is 0 Å². The van der Waals surface area contributed by atoms with Gasteiger partial charge >= 0.3 is 6.03 Å². The van der Waals surface area contributed by atoms with Gasteiger partial charge < -0.3 is 20.3 Å². The molecule has 0 unspecified atom stereocenters. The first kappa shape index (κ1) is 24.3. The summed E-state index contributed by atoms with van der Waals surface area (Å²) in [6.07, 6.45) is 1.21. The number of rotatable bonds is 7. The molecule has 2 amide bonds. The van der Waals surface area contributed by atoms with Gasteiger partial charge in [-0.1, -0.05) is 19.1 Å². The molecule has 2 aromatic carbocycles. The molecule has 3 aromatic rings.